The number of piperazine rings is 1. The predicted octanol–water partition coefficient (Wildman–Crippen LogP) is 0.546. The molecule has 0 aliphatic carbocycles. The standard InChI is InChI=1S/C12H14N2O3/c1-8-7-14(12(16)11(15)13-8)9-5-3-4-6-10(9)17-2/h3-6,8H,7H2,1-2H3,(H,13,15). The van der Waals surface area contributed by atoms with Gasteiger partial charge in [0.25, 0.3) is 0 Å². The van der Waals surface area contributed by atoms with Crippen LogP contribution in [0.3, 0.4) is 0 Å². The fraction of sp³-hybridized carbons (Fsp3) is 0.333. The van der Waals surface area contributed by atoms with Gasteiger partial charge in [-0.3, -0.25) is 14.5 Å². The number of ether oxygens (including phenoxy) is 1. The van der Waals surface area contributed by atoms with E-state index in [1.54, 1.807) is 12.1 Å². The Bertz CT molecular complexity index is 459. The van der Waals surface area contributed by atoms with Crippen LogP contribution in [0.25, 0.3) is 0 Å². The van der Waals surface area contributed by atoms with Crippen molar-refractivity contribution in [2.24, 2.45) is 0 Å². The van der Waals surface area contributed by atoms with Crippen molar-refractivity contribution in [3.8, 4) is 5.75 Å². The molecule has 1 heterocycles. The van der Waals surface area contributed by atoms with Gasteiger partial charge >= 0.3 is 11.8 Å². The van der Waals surface area contributed by atoms with E-state index in [1.165, 1.54) is 12.0 Å². The topological polar surface area (TPSA) is 58.6 Å². The second kappa shape index (κ2) is 4.45. The Morgan fingerprint density at radius 1 is 1.35 bits per heavy atom. The average Bonchev–Trinajstić information content (AvgIpc) is 2.33. The summed E-state index contributed by atoms with van der Waals surface area (Å²) in [5.41, 5.74) is 0.627. The van der Waals surface area contributed by atoms with Crippen LogP contribution in [-0.2, 0) is 9.59 Å². The van der Waals surface area contributed by atoms with E-state index in [9.17, 15) is 9.59 Å². The van der Waals surface area contributed by atoms with Gasteiger partial charge in [0.1, 0.15) is 5.75 Å². The van der Waals surface area contributed by atoms with E-state index in [0.29, 0.717) is 18.0 Å². The number of hydrogen-bond acceptors (Lipinski definition) is 3. The van der Waals surface area contributed by atoms with E-state index >= 15 is 0 Å². The summed E-state index contributed by atoms with van der Waals surface area (Å²) in [6.45, 7) is 2.30. The van der Waals surface area contributed by atoms with Crippen molar-refractivity contribution < 1.29 is 14.3 Å². The monoisotopic (exact) mass is 234 g/mol. The molecular formula is C12H14N2O3. The second-order valence-electron chi connectivity index (χ2n) is 3.96. The number of para-hydroxylation sites is 2. The molecule has 0 saturated carbocycles. The van der Waals surface area contributed by atoms with Crippen LogP contribution in [0.15, 0.2) is 24.3 Å². The van der Waals surface area contributed by atoms with Gasteiger partial charge in [0.05, 0.1) is 12.8 Å². The predicted molar refractivity (Wildman–Crippen MR) is 63.0 cm³/mol. The van der Waals surface area contributed by atoms with Crippen LogP contribution >= 0.6 is 0 Å². The first-order chi connectivity index (χ1) is 8.13. The average molecular weight is 234 g/mol. The number of carbonyl (C=O) groups is 2. The summed E-state index contributed by atoms with van der Waals surface area (Å²) < 4.78 is 5.19. The molecule has 1 aromatic rings. The highest BCUT2D eigenvalue weighted by atomic mass is 16.5. The van der Waals surface area contributed by atoms with Crippen molar-refractivity contribution in [1.29, 1.82) is 0 Å². The third-order valence-corrected chi connectivity index (χ3v) is 2.65. The van der Waals surface area contributed by atoms with E-state index in [4.69, 9.17) is 4.74 Å². The number of rotatable bonds is 2. The highest BCUT2D eigenvalue weighted by Crippen LogP contribution is 2.28. The first kappa shape index (κ1) is 11.4. The number of methoxy groups -OCH3 is 1. The summed E-state index contributed by atoms with van der Waals surface area (Å²) in [5.74, 6) is -0.537. The number of hydrogen-bond donors (Lipinski definition) is 1. The molecule has 2 amide bonds. The van der Waals surface area contributed by atoms with Gasteiger partial charge in [-0.05, 0) is 19.1 Å². The summed E-state index contributed by atoms with van der Waals surface area (Å²) in [6, 6.07) is 7.09. The summed E-state index contributed by atoms with van der Waals surface area (Å²) in [5, 5.41) is 2.60. The highest BCUT2D eigenvalue weighted by molar-refractivity contribution is 6.41. The lowest BCUT2D eigenvalue weighted by Crippen LogP contribution is -2.56. The Morgan fingerprint density at radius 3 is 2.76 bits per heavy atom. The van der Waals surface area contributed by atoms with Crippen LogP contribution < -0.4 is 15.0 Å². The molecule has 1 atom stereocenters. The van der Waals surface area contributed by atoms with Crippen molar-refractivity contribution in [2.75, 3.05) is 18.6 Å². The van der Waals surface area contributed by atoms with Gasteiger partial charge in [-0.1, -0.05) is 12.1 Å². The molecule has 0 bridgehead atoms. The van der Waals surface area contributed by atoms with Crippen molar-refractivity contribution in [3.05, 3.63) is 24.3 Å². The Morgan fingerprint density at radius 2 is 2.06 bits per heavy atom. The van der Waals surface area contributed by atoms with E-state index < -0.39 is 11.8 Å². The minimum absolute atomic E-state index is 0.0647. The lowest BCUT2D eigenvalue weighted by molar-refractivity contribution is -0.139. The fourth-order valence-corrected chi connectivity index (χ4v) is 1.87. The third kappa shape index (κ3) is 2.08. The molecule has 1 fully saturated rings. The van der Waals surface area contributed by atoms with E-state index in [1.807, 2.05) is 19.1 Å². The van der Waals surface area contributed by atoms with Crippen LogP contribution in [0.2, 0.25) is 0 Å². The lowest BCUT2D eigenvalue weighted by atomic mass is 10.2. The smallest absolute Gasteiger partial charge is 0.316 e. The zero-order valence-electron chi connectivity index (χ0n) is 9.77. The fourth-order valence-electron chi connectivity index (χ4n) is 1.87. The molecule has 0 aromatic heterocycles. The largest absolute Gasteiger partial charge is 0.495 e. The van der Waals surface area contributed by atoms with Gasteiger partial charge in [-0.15, -0.1) is 0 Å². The van der Waals surface area contributed by atoms with Crippen molar-refractivity contribution in [3.63, 3.8) is 0 Å². The molecule has 5 nitrogen and oxygen atoms in total. The summed E-state index contributed by atoms with van der Waals surface area (Å²) in [7, 11) is 1.54. The highest BCUT2D eigenvalue weighted by Gasteiger charge is 2.32. The lowest BCUT2D eigenvalue weighted by Gasteiger charge is -2.31. The molecule has 1 aliphatic heterocycles. The molecule has 1 saturated heterocycles. The minimum atomic E-state index is -0.574. The third-order valence-electron chi connectivity index (χ3n) is 2.65. The molecule has 0 spiro atoms. The number of benzene rings is 1. The normalized spacial score (nSPS) is 20.1. The molecule has 0 radical (unpaired) electrons. The molecule has 17 heavy (non-hydrogen) atoms. The van der Waals surface area contributed by atoms with Crippen LogP contribution in [0.1, 0.15) is 6.92 Å². The molecule has 1 aliphatic rings. The molecule has 1 aromatic carbocycles. The van der Waals surface area contributed by atoms with Crippen molar-refractivity contribution >= 4 is 17.5 Å². The molecule has 2 rings (SSSR count). The molecule has 5 heteroatoms. The first-order valence-corrected chi connectivity index (χ1v) is 5.39. The molecule has 1 unspecified atom stereocenters. The minimum Gasteiger partial charge on any atom is -0.495 e. The van der Waals surface area contributed by atoms with Crippen LogP contribution in [0, 0.1) is 0 Å². The van der Waals surface area contributed by atoms with Gasteiger partial charge in [-0.2, -0.15) is 0 Å². The van der Waals surface area contributed by atoms with Gasteiger partial charge in [0.2, 0.25) is 0 Å². The second-order valence-corrected chi connectivity index (χ2v) is 3.96. The summed E-state index contributed by atoms with van der Waals surface area (Å²) in [4.78, 5) is 24.7. The maximum Gasteiger partial charge on any atom is 0.316 e. The maximum atomic E-state index is 11.8. The Hall–Kier alpha value is -2.04. The van der Waals surface area contributed by atoms with Gasteiger partial charge in [-0.25, -0.2) is 0 Å². The number of carbonyl (C=O) groups excluding carboxylic acids is 2. The van der Waals surface area contributed by atoms with E-state index in [2.05, 4.69) is 5.32 Å². The summed E-state index contributed by atoms with van der Waals surface area (Å²) >= 11 is 0. The van der Waals surface area contributed by atoms with Crippen molar-refractivity contribution in [1.82, 2.24) is 5.32 Å². The maximum absolute atomic E-state index is 11.8. The Kier molecular flexibility index (Phi) is 2.99. The zero-order valence-corrected chi connectivity index (χ0v) is 9.77. The number of nitrogens with zero attached hydrogens (tertiary/aromatic N) is 1. The number of anilines is 1. The molecular weight excluding hydrogens is 220 g/mol. The Labute approximate surface area is 99.4 Å². The zero-order chi connectivity index (χ0) is 12.4. The first-order valence-electron chi connectivity index (χ1n) is 5.39. The van der Waals surface area contributed by atoms with Gasteiger partial charge in [0, 0.05) is 12.6 Å². The number of amides is 2. The SMILES string of the molecule is COc1ccccc1N1CC(C)NC(=O)C1=O. The van der Waals surface area contributed by atoms with Crippen LogP contribution in [0.4, 0.5) is 5.69 Å². The quantitative estimate of drug-likeness (QED) is 0.760. The van der Waals surface area contributed by atoms with E-state index in [-0.39, 0.29) is 6.04 Å². The molecule has 1 N–H and O–H groups in total. The van der Waals surface area contributed by atoms with Gasteiger partial charge in [0.15, 0.2) is 0 Å². The van der Waals surface area contributed by atoms with E-state index in [0.717, 1.165) is 0 Å². The summed E-state index contributed by atoms with van der Waals surface area (Å²) in [6.07, 6.45) is 0. The van der Waals surface area contributed by atoms with Crippen LogP contribution in [0.5, 0.6) is 5.75 Å². The molecule has 90 valence electrons. The van der Waals surface area contributed by atoms with Crippen molar-refractivity contribution in [2.45, 2.75) is 13.0 Å². The Balaban J connectivity index is 2.37. The van der Waals surface area contributed by atoms with Crippen LogP contribution in [-0.4, -0.2) is 31.5 Å². The number of nitrogens with one attached hydrogen (secondary N) is 1. The van der Waals surface area contributed by atoms with Gasteiger partial charge < -0.3 is 10.1 Å².